The maximum Gasteiger partial charge on any atom is 0.250 e. The molecule has 0 aliphatic heterocycles. The van der Waals surface area contributed by atoms with Gasteiger partial charge in [0, 0.05) is 15.7 Å². The molecule has 0 aliphatic carbocycles. The number of halogens is 1. The van der Waals surface area contributed by atoms with Crippen LogP contribution >= 0.6 is 27.7 Å². The fraction of sp³-hybridized carbons (Fsp3) is 0.0667. The zero-order valence-corrected chi connectivity index (χ0v) is 23.2. The minimum atomic E-state index is -0.251. The molecular weight excluding hydrogens is 574 g/mol. The molecule has 5 aromatic rings. The Balaban J connectivity index is 1.21. The summed E-state index contributed by atoms with van der Waals surface area (Å²) in [6, 6.07) is 35.2. The predicted octanol–water partition coefficient (Wildman–Crippen LogP) is 6.52. The fourth-order valence-electron chi connectivity index (χ4n) is 3.73. The van der Waals surface area contributed by atoms with Crippen LogP contribution in [0.2, 0.25) is 0 Å². The number of nitrogens with zero attached hydrogens (tertiary/aromatic N) is 4. The average molecular weight is 599 g/mol. The van der Waals surface area contributed by atoms with Gasteiger partial charge in [0.2, 0.25) is 0 Å². The van der Waals surface area contributed by atoms with Gasteiger partial charge in [-0.05, 0) is 47.5 Å². The molecule has 0 saturated heterocycles. The van der Waals surface area contributed by atoms with Gasteiger partial charge in [-0.15, -0.1) is 10.2 Å². The summed E-state index contributed by atoms with van der Waals surface area (Å²) in [6.45, 7) is 0.478. The number of hydrogen-bond acceptors (Lipinski definition) is 6. The highest BCUT2D eigenvalue weighted by Crippen LogP contribution is 2.28. The molecule has 0 aliphatic rings. The van der Waals surface area contributed by atoms with Crippen LogP contribution in [0.15, 0.2) is 124 Å². The van der Waals surface area contributed by atoms with Crippen molar-refractivity contribution in [3.63, 3.8) is 0 Å². The summed E-state index contributed by atoms with van der Waals surface area (Å²) < 4.78 is 8.79. The number of rotatable bonds is 10. The molecule has 0 spiro atoms. The average Bonchev–Trinajstić information content (AvgIpc) is 3.41. The lowest BCUT2D eigenvalue weighted by Gasteiger charge is -2.10. The second-order valence-electron chi connectivity index (χ2n) is 8.41. The van der Waals surface area contributed by atoms with Crippen molar-refractivity contribution < 1.29 is 9.53 Å². The van der Waals surface area contributed by atoms with Gasteiger partial charge in [0.1, 0.15) is 12.4 Å². The van der Waals surface area contributed by atoms with Crippen LogP contribution in [0.4, 0.5) is 0 Å². The molecule has 0 atom stereocenters. The van der Waals surface area contributed by atoms with E-state index in [1.54, 1.807) is 6.21 Å². The van der Waals surface area contributed by atoms with E-state index in [9.17, 15) is 4.79 Å². The van der Waals surface area contributed by atoms with E-state index in [4.69, 9.17) is 4.74 Å². The predicted molar refractivity (Wildman–Crippen MR) is 158 cm³/mol. The number of ether oxygens (including phenoxy) is 1. The minimum absolute atomic E-state index is 0.126. The van der Waals surface area contributed by atoms with Gasteiger partial charge in [0.25, 0.3) is 5.91 Å². The molecule has 7 nitrogen and oxygen atoms in total. The Kier molecular flexibility index (Phi) is 8.82. The summed E-state index contributed by atoms with van der Waals surface area (Å²) in [5.41, 5.74) is 6.33. The minimum Gasteiger partial charge on any atom is -0.489 e. The van der Waals surface area contributed by atoms with Crippen LogP contribution in [0, 0.1) is 0 Å². The third-order valence-electron chi connectivity index (χ3n) is 5.59. The number of aromatic nitrogens is 3. The maximum atomic E-state index is 12.6. The van der Waals surface area contributed by atoms with Crippen molar-refractivity contribution >= 4 is 39.8 Å². The molecule has 4 aromatic carbocycles. The number of benzene rings is 4. The van der Waals surface area contributed by atoms with E-state index in [2.05, 4.69) is 36.7 Å². The number of hydrogen-bond donors (Lipinski definition) is 1. The molecule has 0 saturated carbocycles. The van der Waals surface area contributed by atoms with Crippen molar-refractivity contribution in [3.8, 4) is 22.8 Å². The zero-order chi connectivity index (χ0) is 26.9. The first kappa shape index (κ1) is 26.4. The second-order valence-corrected chi connectivity index (χ2v) is 10.3. The Morgan fingerprint density at radius 2 is 1.67 bits per heavy atom. The zero-order valence-electron chi connectivity index (χ0n) is 20.8. The normalized spacial score (nSPS) is 11.0. The monoisotopic (exact) mass is 597 g/mol. The van der Waals surface area contributed by atoms with Gasteiger partial charge in [-0.3, -0.25) is 9.36 Å². The molecule has 9 heteroatoms. The molecule has 1 N–H and O–H groups in total. The third kappa shape index (κ3) is 7.22. The van der Waals surface area contributed by atoms with Crippen LogP contribution in [0.5, 0.6) is 5.75 Å². The smallest absolute Gasteiger partial charge is 0.250 e. The number of hydrazone groups is 1. The Bertz CT molecular complexity index is 1560. The number of amides is 1. The first-order valence-corrected chi connectivity index (χ1v) is 13.9. The number of carbonyl (C=O) groups excluding carboxylic acids is 1. The number of thioether (sulfide) groups is 1. The lowest BCUT2D eigenvalue weighted by atomic mass is 10.2. The summed E-state index contributed by atoms with van der Waals surface area (Å²) in [7, 11) is 0. The third-order valence-corrected chi connectivity index (χ3v) is 7.05. The van der Waals surface area contributed by atoms with Gasteiger partial charge in [-0.2, -0.15) is 5.10 Å². The van der Waals surface area contributed by atoms with Crippen LogP contribution in [0.25, 0.3) is 17.1 Å². The Hall–Kier alpha value is -4.21. The fourth-order valence-corrected chi connectivity index (χ4v) is 4.74. The lowest BCUT2D eigenvalue weighted by Crippen LogP contribution is -2.20. The van der Waals surface area contributed by atoms with Crippen molar-refractivity contribution in [1.82, 2.24) is 20.2 Å². The Morgan fingerprint density at radius 1 is 0.923 bits per heavy atom. The highest BCUT2D eigenvalue weighted by molar-refractivity contribution is 9.10. The molecule has 39 heavy (non-hydrogen) atoms. The van der Waals surface area contributed by atoms with Crippen LogP contribution in [0.1, 0.15) is 11.1 Å². The summed E-state index contributed by atoms with van der Waals surface area (Å²) in [6.07, 6.45) is 1.59. The molecule has 1 heterocycles. The van der Waals surface area contributed by atoms with Crippen molar-refractivity contribution in [3.05, 3.63) is 125 Å². The molecule has 1 aromatic heterocycles. The van der Waals surface area contributed by atoms with Crippen LogP contribution < -0.4 is 10.2 Å². The van der Waals surface area contributed by atoms with Crippen molar-refractivity contribution in [2.45, 2.75) is 11.8 Å². The van der Waals surface area contributed by atoms with Gasteiger partial charge < -0.3 is 4.74 Å². The Morgan fingerprint density at radius 3 is 2.44 bits per heavy atom. The summed E-state index contributed by atoms with van der Waals surface area (Å²) in [5, 5.41) is 13.5. The first-order chi connectivity index (χ1) is 19.2. The van der Waals surface area contributed by atoms with Crippen molar-refractivity contribution in [1.29, 1.82) is 0 Å². The first-order valence-electron chi connectivity index (χ1n) is 12.1. The summed E-state index contributed by atoms with van der Waals surface area (Å²) in [5.74, 6) is 1.31. The number of carbonyl (C=O) groups is 1. The van der Waals surface area contributed by atoms with Gasteiger partial charge >= 0.3 is 0 Å². The molecule has 1 amide bonds. The van der Waals surface area contributed by atoms with E-state index in [0.29, 0.717) is 17.6 Å². The SMILES string of the molecule is O=C(CSc1nnc(-c2ccccc2)n1-c1ccc(Br)cc1)N/N=C/c1cccc(OCc2ccccc2)c1. The second kappa shape index (κ2) is 13.0. The van der Waals surface area contributed by atoms with E-state index < -0.39 is 0 Å². The van der Waals surface area contributed by atoms with Crippen molar-refractivity contribution in [2.24, 2.45) is 5.10 Å². The van der Waals surface area contributed by atoms with E-state index in [0.717, 1.165) is 32.6 Å². The highest BCUT2D eigenvalue weighted by atomic mass is 79.9. The molecule has 0 bridgehead atoms. The molecule has 194 valence electrons. The molecule has 5 rings (SSSR count). The quantitative estimate of drug-likeness (QED) is 0.113. The van der Waals surface area contributed by atoms with Crippen LogP contribution in [-0.4, -0.2) is 32.6 Å². The van der Waals surface area contributed by atoms with Crippen LogP contribution in [-0.2, 0) is 11.4 Å². The molecular formula is C30H24BrN5O2S. The van der Waals surface area contributed by atoms with Crippen molar-refractivity contribution in [2.75, 3.05) is 5.75 Å². The summed E-state index contributed by atoms with van der Waals surface area (Å²) >= 11 is 4.78. The topological polar surface area (TPSA) is 81.4 Å². The van der Waals surface area contributed by atoms with E-state index in [1.807, 2.05) is 114 Å². The lowest BCUT2D eigenvalue weighted by molar-refractivity contribution is -0.118. The molecule has 0 unspecified atom stereocenters. The van der Waals surface area contributed by atoms with Gasteiger partial charge in [-0.25, -0.2) is 5.43 Å². The summed E-state index contributed by atoms with van der Waals surface area (Å²) in [4.78, 5) is 12.6. The Labute approximate surface area is 239 Å². The molecule has 0 radical (unpaired) electrons. The van der Waals surface area contributed by atoms with Crippen LogP contribution in [0.3, 0.4) is 0 Å². The van der Waals surface area contributed by atoms with E-state index >= 15 is 0 Å². The van der Waals surface area contributed by atoms with Gasteiger partial charge in [-0.1, -0.05) is 100 Å². The molecule has 0 fully saturated rings. The standard InChI is InChI=1S/C30H24BrN5O2S/c31-25-14-16-26(17-15-25)36-29(24-11-5-2-6-12-24)34-35-30(36)39-21-28(37)33-32-19-23-10-7-13-27(18-23)38-20-22-8-3-1-4-9-22/h1-19H,20-21H2,(H,33,37)/b32-19+. The van der Waals surface area contributed by atoms with Gasteiger partial charge in [0.15, 0.2) is 11.0 Å². The number of nitrogens with one attached hydrogen (secondary N) is 1. The largest absolute Gasteiger partial charge is 0.489 e. The highest BCUT2D eigenvalue weighted by Gasteiger charge is 2.17. The van der Waals surface area contributed by atoms with E-state index in [1.165, 1.54) is 11.8 Å². The van der Waals surface area contributed by atoms with E-state index in [-0.39, 0.29) is 11.7 Å². The maximum absolute atomic E-state index is 12.6. The van der Waals surface area contributed by atoms with Gasteiger partial charge in [0.05, 0.1) is 12.0 Å².